The van der Waals surface area contributed by atoms with Crippen LogP contribution in [0.4, 0.5) is 22.7 Å². The summed E-state index contributed by atoms with van der Waals surface area (Å²) < 4.78 is 5.20. The van der Waals surface area contributed by atoms with Crippen molar-refractivity contribution in [1.82, 2.24) is 0 Å². The van der Waals surface area contributed by atoms with Gasteiger partial charge in [-0.25, -0.2) is 0 Å². The van der Waals surface area contributed by atoms with Crippen molar-refractivity contribution < 1.29 is 4.74 Å². The summed E-state index contributed by atoms with van der Waals surface area (Å²) >= 11 is 0. The molecule has 0 saturated heterocycles. The lowest BCUT2D eigenvalue weighted by Gasteiger charge is -2.23. The van der Waals surface area contributed by atoms with Crippen molar-refractivity contribution in [2.75, 3.05) is 17.7 Å². The minimum Gasteiger partial charge on any atom is -0.497 e. The molecule has 0 aliphatic carbocycles. The molecule has 1 aliphatic rings. The largest absolute Gasteiger partial charge is 0.497 e. The second-order valence-corrected chi connectivity index (χ2v) is 3.71. The summed E-state index contributed by atoms with van der Waals surface area (Å²) in [6.07, 6.45) is 0. The Morgan fingerprint density at radius 2 is 1.44 bits per heavy atom. The number of methoxy groups -OCH3 is 1. The van der Waals surface area contributed by atoms with Crippen LogP contribution in [0.1, 0.15) is 0 Å². The second kappa shape index (κ2) is 3.45. The lowest BCUT2D eigenvalue weighted by molar-refractivity contribution is 0.415. The van der Waals surface area contributed by atoms with Gasteiger partial charge in [0.25, 0.3) is 0 Å². The first kappa shape index (κ1) is 9.09. The van der Waals surface area contributed by atoms with Gasteiger partial charge in [-0.15, -0.1) is 0 Å². The van der Waals surface area contributed by atoms with E-state index in [0.717, 1.165) is 28.5 Å². The third-order valence-electron chi connectivity index (χ3n) is 2.69. The minimum atomic E-state index is 0.854. The topological polar surface area (TPSA) is 33.3 Å². The molecule has 0 saturated carbocycles. The van der Waals surface area contributed by atoms with Crippen molar-refractivity contribution in [3.63, 3.8) is 0 Å². The fourth-order valence-corrected chi connectivity index (χ4v) is 1.85. The Bertz CT molecular complexity index is 537. The summed E-state index contributed by atoms with van der Waals surface area (Å²) in [4.78, 5) is 0. The van der Waals surface area contributed by atoms with E-state index in [2.05, 4.69) is 16.7 Å². The molecule has 0 spiro atoms. The van der Waals surface area contributed by atoms with Crippen molar-refractivity contribution in [2.24, 2.45) is 0 Å². The van der Waals surface area contributed by atoms with E-state index in [9.17, 15) is 0 Å². The molecule has 80 valence electrons. The monoisotopic (exact) mass is 212 g/mol. The summed E-state index contributed by atoms with van der Waals surface area (Å²) in [5, 5.41) is 6.75. The second-order valence-electron chi connectivity index (χ2n) is 3.71. The van der Waals surface area contributed by atoms with Gasteiger partial charge >= 0.3 is 0 Å². The van der Waals surface area contributed by atoms with Crippen molar-refractivity contribution in [2.45, 2.75) is 0 Å². The third-order valence-corrected chi connectivity index (χ3v) is 2.69. The van der Waals surface area contributed by atoms with Gasteiger partial charge in [0, 0.05) is 6.07 Å². The number of para-hydroxylation sites is 2. The molecule has 3 rings (SSSR count). The Morgan fingerprint density at radius 3 is 2.12 bits per heavy atom. The van der Waals surface area contributed by atoms with Gasteiger partial charge in [-0.05, 0) is 24.3 Å². The van der Waals surface area contributed by atoms with Crippen LogP contribution >= 0.6 is 0 Å². The fourth-order valence-electron chi connectivity index (χ4n) is 1.85. The molecular weight excluding hydrogens is 200 g/mol. The smallest absolute Gasteiger partial charge is 0.121 e. The molecule has 0 aromatic heterocycles. The number of ether oxygens (including phenoxy) is 1. The Labute approximate surface area is 94.1 Å². The SMILES string of the molecule is COc1ccc2c(c1)Nc1ccccc1N2. The van der Waals surface area contributed by atoms with Gasteiger partial charge in [0.05, 0.1) is 29.9 Å². The van der Waals surface area contributed by atoms with Gasteiger partial charge in [-0.1, -0.05) is 12.1 Å². The van der Waals surface area contributed by atoms with Crippen molar-refractivity contribution >= 4 is 22.7 Å². The molecule has 2 N–H and O–H groups in total. The standard InChI is InChI=1S/C13H12N2O/c1-16-9-6-7-12-13(8-9)15-11-5-3-2-4-10(11)14-12/h2-8,14-15H,1H3. The first-order valence-corrected chi connectivity index (χ1v) is 5.18. The van der Waals surface area contributed by atoms with Crippen molar-refractivity contribution in [3.8, 4) is 5.75 Å². The number of nitrogens with one attached hydrogen (secondary N) is 2. The zero-order valence-electron chi connectivity index (χ0n) is 8.95. The van der Waals surface area contributed by atoms with Crippen molar-refractivity contribution in [3.05, 3.63) is 42.5 Å². The van der Waals surface area contributed by atoms with E-state index in [0.29, 0.717) is 0 Å². The number of anilines is 4. The number of benzene rings is 2. The Hall–Kier alpha value is -2.16. The van der Waals surface area contributed by atoms with Crippen LogP contribution in [0.25, 0.3) is 0 Å². The van der Waals surface area contributed by atoms with E-state index in [1.54, 1.807) is 7.11 Å². The van der Waals surface area contributed by atoms with Crippen molar-refractivity contribution in [1.29, 1.82) is 0 Å². The lowest BCUT2D eigenvalue weighted by atomic mass is 10.1. The fraction of sp³-hybridized carbons (Fsp3) is 0.0769. The van der Waals surface area contributed by atoms with Gasteiger partial charge in [0.1, 0.15) is 5.75 Å². The summed E-state index contributed by atoms with van der Waals surface area (Å²) in [6, 6.07) is 14.1. The number of hydrogen-bond donors (Lipinski definition) is 2. The Morgan fingerprint density at radius 1 is 0.812 bits per heavy atom. The molecule has 0 fully saturated rings. The molecule has 0 bridgehead atoms. The average Bonchev–Trinajstić information content (AvgIpc) is 2.35. The molecule has 16 heavy (non-hydrogen) atoms. The molecule has 0 unspecified atom stereocenters. The Kier molecular flexibility index (Phi) is 1.96. The van der Waals surface area contributed by atoms with E-state index in [1.165, 1.54) is 0 Å². The predicted octanol–water partition coefficient (Wildman–Crippen LogP) is 3.50. The predicted molar refractivity (Wildman–Crippen MR) is 66.0 cm³/mol. The van der Waals surface area contributed by atoms with Crippen LogP contribution < -0.4 is 15.4 Å². The maximum atomic E-state index is 5.20. The number of hydrogen-bond acceptors (Lipinski definition) is 3. The molecule has 3 nitrogen and oxygen atoms in total. The highest BCUT2D eigenvalue weighted by Gasteiger charge is 2.13. The van der Waals surface area contributed by atoms with E-state index in [4.69, 9.17) is 4.74 Å². The van der Waals surface area contributed by atoms with Gasteiger partial charge in [0.2, 0.25) is 0 Å². The molecule has 3 heteroatoms. The third kappa shape index (κ3) is 1.37. The summed E-state index contributed by atoms with van der Waals surface area (Å²) in [6.45, 7) is 0. The summed E-state index contributed by atoms with van der Waals surface area (Å²) in [7, 11) is 1.67. The molecule has 0 radical (unpaired) electrons. The molecule has 2 aromatic carbocycles. The lowest BCUT2D eigenvalue weighted by Crippen LogP contribution is -2.05. The van der Waals surface area contributed by atoms with Gasteiger partial charge < -0.3 is 15.4 Å². The molecule has 0 atom stereocenters. The first-order chi connectivity index (χ1) is 7.86. The van der Waals surface area contributed by atoms with Crippen LogP contribution in [-0.4, -0.2) is 7.11 Å². The minimum absolute atomic E-state index is 0.854. The zero-order chi connectivity index (χ0) is 11.0. The highest BCUT2D eigenvalue weighted by Crippen LogP contribution is 2.39. The van der Waals surface area contributed by atoms with Crippen LogP contribution in [0.3, 0.4) is 0 Å². The average molecular weight is 212 g/mol. The zero-order valence-corrected chi connectivity index (χ0v) is 8.95. The van der Waals surface area contributed by atoms with E-state index < -0.39 is 0 Å². The van der Waals surface area contributed by atoms with Crippen LogP contribution in [0.5, 0.6) is 5.75 Å². The maximum absolute atomic E-state index is 5.20. The molecule has 2 aromatic rings. The number of rotatable bonds is 1. The van der Waals surface area contributed by atoms with Gasteiger partial charge in [0.15, 0.2) is 0 Å². The summed E-state index contributed by atoms with van der Waals surface area (Å²) in [5.41, 5.74) is 4.29. The quantitative estimate of drug-likeness (QED) is 0.647. The number of fused-ring (bicyclic) bond motifs is 2. The highest BCUT2D eigenvalue weighted by atomic mass is 16.5. The molecular formula is C13H12N2O. The Balaban J connectivity index is 2.05. The van der Waals surface area contributed by atoms with Crippen LogP contribution in [0.2, 0.25) is 0 Å². The van der Waals surface area contributed by atoms with Crippen LogP contribution in [-0.2, 0) is 0 Å². The maximum Gasteiger partial charge on any atom is 0.121 e. The molecule has 1 heterocycles. The van der Waals surface area contributed by atoms with E-state index in [-0.39, 0.29) is 0 Å². The highest BCUT2D eigenvalue weighted by molar-refractivity contribution is 5.90. The van der Waals surface area contributed by atoms with Crippen LogP contribution in [0, 0.1) is 0 Å². The first-order valence-electron chi connectivity index (χ1n) is 5.18. The molecule has 1 aliphatic heterocycles. The normalized spacial score (nSPS) is 11.8. The van der Waals surface area contributed by atoms with E-state index in [1.807, 2.05) is 36.4 Å². The van der Waals surface area contributed by atoms with Crippen LogP contribution in [0.15, 0.2) is 42.5 Å². The van der Waals surface area contributed by atoms with Gasteiger partial charge in [-0.2, -0.15) is 0 Å². The van der Waals surface area contributed by atoms with E-state index >= 15 is 0 Å². The summed E-state index contributed by atoms with van der Waals surface area (Å²) in [5.74, 6) is 0.854. The molecule has 0 amide bonds. The van der Waals surface area contributed by atoms with Gasteiger partial charge in [-0.3, -0.25) is 0 Å².